The van der Waals surface area contributed by atoms with E-state index in [-0.39, 0.29) is 11.9 Å². The molecule has 0 aromatic heterocycles. The normalized spacial score (nSPS) is 12.5. The minimum Gasteiger partial charge on any atom is -0.395 e. The standard InChI is InChI=1S/C25H52O2S/c1-3-5-7-9-11-13-14-15-17-19-21-27-24-25(23-26)28-22-20-18-16-12-10-8-6-4-2/h25-26H,3-24H2,1-2H3. The molecular formula is C25H52O2S. The Morgan fingerprint density at radius 3 is 1.50 bits per heavy atom. The third-order valence-electron chi connectivity index (χ3n) is 5.50. The van der Waals surface area contributed by atoms with Gasteiger partial charge in [0.1, 0.15) is 0 Å². The molecule has 0 heterocycles. The third kappa shape index (κ3) is 22.6. The van der Waals surface area contributed by atoms with Crippen molar-refractivity contribution in [3.8, 4) is 0 Å². The van der Waals surface area contributed by atoms with E-state index < -0.39 is 0 Å². The van der Waals surface area contributed by atoms with Gasteiger partial charge in [-0.2, -0.15) is 11.8 Å². The Kier molecular flexibility index (Phi) is 25.6. The van der Waals surface area contributed by atoms with Gasteiger partial charge in [0.15, 0.2) is 0 Å². The summed E-state index contributed by atoms with van der Waals surface area (Å²) >= 11 is 1.90. The number of aliphatic hydroxyl groups is 1. The molecular weight excluding hydrogens is 364 g/mol. The Bertz CT molecular complexity index is 273. The quantitative estimate of drug-likeness (QED) is 0.161. The van der Waals surface area contributed by atoms with Gasteiger partial charge < -0.3 is 9.84 Å². The first kappa shape index (κ1) is 28.3. The summed E-state index contributed by atoms with van der Waals surface area (Å²) in [6, 6.07) is 0. The van der Waals surface area contributed by atoms with Gasteiger partial charge in [0.2, 0.25) is 0 Å². The topological polar surface area (TPSA) is 29.5 Å². The highest BCUT2D eigenvalue weighted by Crippen LogP contribution is 2.16. The fraction of sp³-hybridized carbons (Fsp3) is 1.00. The lowest BCUT2D eigenvalue weighted by Gasteiger charge is -2.14. The Balaban J connectivity index is 3.27. The summed E-state index contributed by atoms with van der Waals surface area (Å²) in [5.41, 5.74) is 0. The smallest absolute Gasteiger partial charge is 0.0607 e. The number of unbranched alkanes of at least 4 members (excludes halogenated alkanes) is 16. The van der Waals surface area contributed by atoms with E-state index in [1.165, 1.54) is 121 Å². The van der Waals surface area contributed by atoms with Crippen molar-refractivity contribution in [3.05, 3.63) is 0 Å². The second-order valence-electron chi connectivity index (χ2n) is 8.41. The van der Waals surface area contributed by atoms with E-state index in [2.05, 4.69) is 13.8 Å². The number of thioether (sulfide) groups is 1. The van der Waals surface area contributed by atoms with Gasteiger partial charge in [-0.05, 0) is 18.6 Å². The summed E-state index contributed by atoms with van der Waals surface area (Å²) in [4.78, 5) is 0. The highest BCUT2D eigenvalue weighted by Gasteiger charge is 2.07. The molecule has 0 saturated carbocycles. The summed E-state index contributed by atoms with van der Waals surface area (Å²) in [5, 5.41) is 9.80. The van der Waals surface area contributed by atoms with Crippen LogP contribution in [-0.2, 0) is 4.74 Å². The molecule has 0 aromatic carbocycles. The average molecular weight is 417 g/mol. The van der Waals surface area contributed by atoms with Crippen LogP contribution in [0.1, 0.15) is 129 Å². The molecule has 0 bridgehead atoms. The van der Waals surface area contributed by atoms with Gasteiger partial charge in [0.05, 0.1) is 18.5 Å². The van der Waals surface area contributed by atoms with E-state index in [9.17, 15) is 5.11 Å². The van der Waals surface area contributed by atoms with Crippen molar-refractivity contribution in [2.45, 2.75) is 135 Å². The predicted molar refractivity (Wildman–Crippen MR) is 129 cm³/mol. The van der Waals surface area contributed by atoms with E-state index in [4.69, 9.17) is 4.74 Å². The van der Waals surface area contributed by atoms with E-state index in [0.717, 1.165) is 13.2 Å². The maximum atomic E-state index is 9.53. The van der Waals surface area contributed by atoms with Crippen LogP contribution in [0.2, 0.25) is 0 Å². The first-order chi connectivity index (χ1) is 13.8. The van der Waals surface area contributed by atoms with Gasteiger partial charge in [-0.1, -0.05) is 117 Å². The van der Waals surface area contributed by atoms with E-state index in [1.54, 1.807) is 0 Å². The fourth-order valence-corrected chi connectivity index (χ4v) is 4.55. The summed E-state index contributed by atoms with van der Waals surface area (Å²) in [6.45, 7) is 6.39. The van der Waals surface area contributed by atoms with Crippen LogP contribution in [0.4, 0.5) is 0 Å². The lowest BCUT2D eigenvalue weighted by atomic mass is 10.1. The van der Waals surface area contributed by atoms with Crippen LogP contribution >= 0.6 is 11.8 Å². The Hall–Kier alpha value is 0.270. The molecule has 170 valence electrons. The predicted octanol–water partition coefficient (Wildman–Crippen LogP) is 8.16. The third-order valence-corrected chi connectivity index (χ3v) is 6.78. The second kappa shape index (κ2) is 25.3. The molecule has 3 heteroatoms. The molecule has 0 aliphatic rings. The molecule has 0 spiro atoms. The lowest BCUT2D eigenvalue weighted by molar-refractivity contribution is 0.117. The van der Waals surface area contributed by atoms with Crippen molar-refractivity contribution in [3.63, 3.8) is 0 Å². The minimum absolute atomic E-state index is 0.250. The molecule has 0 amide bonds. The molecule has 0 fully saturated rings. The van der Waals surface area contributed by atoms with E-state index in [1.807, 2.05) is 11.8 Å². The summed E-state index contributed by atoms with van der Waals surface area (Å²) in [5.74, 6) is 1.17. The van der Waals surface area contributed by atoms with Crippen LogP contribution in [0, 0.1) is 0 Å². The van der Waals surface area contributed by atoms with Crippen LogP contribution in [0.5, 0.6) is 0 Å². The Morgan fingerprint density at radius 1 is 0.607 bits per heavy atom. The summed E-state index contributed by atoms with van der Waals surface area (Å²) in [6.07, 6.45) is 24.6. The molecule has 2 nitrogen and oxygen atoms in total. The van der Waals surface area contributed by atoms with Crippen molar-refractivity contribution in [2.75, 3.05) is 25.6 Å². The monoisotopic (exact) mass is 416 g/mol. The molecule has 0 aliphatic carbocycles. The number of aliphatic hydroxyl groups excluding tert-OH is 1. The highest BCUT2D eigenvalue weighted by molar-refractivity contribution is 7.99. The van der Waals surface area contributed by atoms with Gasteiger partial charge in [0.25, 0.3) is 0 Å². The number of hydrogen-bond donors (Lipinski definition) is 1. The summed E-state index contributed by atoms with van der Waals surface area (Å²) < 4.78 is 5.81. The van der Waals surface area contributed by atoms with Crippen LogP contribution in [0.3, 0.4) is 0 Å². The SMILES string of the molecule is CCCCCCCCCCCCOCC(CO)SCCCCCCCCCC. The first-order valence-electron chi connectivity index (χ1n) is 12.6. The molecule has 1 atom stereocenters. The van der Waals surface area contributed by atoms with Crippen LogP contribution < -0.4 is 0 Å². The van der Waals surface area contributed by atoms with Gasteiger partial charge >= 0.3 is 0 Å². The molecule has 0 rings (SSSR count). The van der Waals surface area contributed by atoms with Crippen molar-refractivity contribution in [1.29, 1.82) is 0 Å². The molecule has 28 heavy (non-hydrogen) atoms. The van der Waals surface area contributed by atoms with E-state index in [0.29, 0.717) is 0 Å². The van der Waals surface area contributed by atoms with Crippen molar-refractivity contribution < 1.29 is 9.84 Å². The zero-order valence-corrected chi connectivity index (χ0v) is 20.2. The maximum absolute atomic E-state index is 9.53. The van der Waals surface area contributed by atoms with Crippen LogP contribution in [-0.4, -0.2) is 35.9 Å². The second-order valence-corrected chi connectivity index (χ2v) is 9.82. The Morgan fingerprint density at radius 2 is 1.04 bits per heavy atom. The van der Waals surface area contributed by atoms with Crippen LogP contribution in [0.25, 0.3) is 0 Å². The molecule has 0 aliphatic heterocycles. The Labute approximate surface area is 182 Å². The van der Waals surface area contributed by atoms with Gasteiger partial charge in [-0.3, -0.25) is 0 Å². The molecule has 1 unspecified atom stereocenters. The number of rotatable bonds is 24. The van der Waals surface area contributed by atoms with Gasteiger partial charge in [0, 0.05) is 6.61 Å². The zero-order valence-electron chi connectivity index (χ0n) is 19.4. The number of ether oxygens (including phenoxy) is 1. The first-order valence-corrected chi connectivity index (χ1v) is 13.7. The fourth-order valence-electron chi connectivity index (χ4n) is 3.55. The maximum Gasteiger partial charge on any atom is 0.0607 e. The van der Waals surface area contributed by atoms with Gasteiger partial charge in [-0.15, -0.1) is 0 Å². The molecule has 0 radical (unpaired) electrons. The average Bonchev–Trinajstić information content (AvgIpc) is 2.71. The minimum atomic E-state index is 0.250. The molecule has 0 aromatic rings. The van der Waals surface area contributed by atoms with Gasteiger partial charge in [-0.25, -0.2) is 0 Å². The van der Waals surface area contributed by atoms with Crippen molar-refractivity contribution in [1.82, 2.24) is 0 Å². The van der Waals surface area contributed by atoms with E-state index >= 15 is 0 Å². The largest absolute Gasteiger partial charge is 0.395 e. The zero-order chi connectivity index (χ0) is 20.5. The highest BCUT2D eigenvalue weighted by atomic mass is 32.2. The molecule has 0 saturated heterocycles. The number of hydrogen-bond acceptors (Lipinski definition) is 3. The van der Waals surface area contributed by atoms with Crippen molar-refractivity contribution in [2.24, 2.45) is 0 Å². The van der Waals surface area contributed by atoms with Crippen molar-refractivity contribution >= 4 is 11.8 Å². The lowest BCUT2D eigenvalue weighted by Crippen LogP contribution is -2.17. The summed E-state index contributed by atoms with van der Waals surface area (Å²) in [7, 11) is 0. The van der Waals surface area contributed by atoms with Crippen LogP contribution in [0.15, 0.2) is 0 Å². The molecule has 1 N–H and O–H groups in total.